The van der Waals surface area contributed by atoms with Gasteiger partial charge in [0.15, 0.2) is 0 Å². The van der Waals surface area contributed by atoms with Gasteiger partial charge in [-0.2, -0.15) is 12.6 Å². The van der Waals surface area contributed by atoms with Gasteiger partial charge in [0.2, 0.25) is 29.5 Å². The van der Waals surface area contributed by atoms with E-state index in [0.29, 0.717) is 18.7 Å². The first-order valence-electron chi connectivity index (χ1n) is 21.3. The highest BCUT2D eigenvalue weighted by molar-refractivity contribution is 7.80. The van der Waals surface area contributed by atoms with E-state index < -0.39 is 35.8 Å². The maximum atomic E-state index is 13.1. The van der Waals surface area contributed by atoms with E-state index in [-0.39, 0.29) is 48.6 Å². The van der Waals surface area contributed by atoms with Crippen LogP contribution in [0.25, 0.3) is 0 Å². The molecule has 11 nitrogen and oxygen atoms in total. The van der Waals surface area contributed by atoms with Crippen LogP contribution < -0.4 is 32.3 Å². The Balaban J connectivity index is -0.000000485. The lowest BCUT2D eigenvalue weighted by Crippen LogP contribution is -2.55. The number of amides is 5. The zero-order valence-electron chi connectivity index (χ0n) is 39.6. The van der Waals surface area contributed by atoms with Gasteiger partial charge in [0.05, 0.1) is 6.54 Å². The number of hydrogen-bond acceptors (Lipinski definition) is 7. The molecular formula is C47H86N6O5S. The van der Waals surface area contributed by atoms with E-state index in [4.69, 9.17) is 5.73 Å². The van der Waals surface area contributed by atoms with Crippen molar-refractivity contribution in [3.8, 4) is 0 Å². The highest BCUT2D eigenvalue weighted by atomic mass is 32.1. The molecule has 0 spiro atoms. The predicted octanol–water partition coefficient (Wildman–Crippen LogP) is 7.97. The largest absolute Gasteiger partial charge is 0.353 e. The molecule has 2 aromatic rings. The second-order valence-electron chi connectivity index (χ2n) is 14.2. The molecular weight excluding hydrogens is 761 g/mol. The first-order chi connectivity index (χ1) is 28.0. The van der Waals surface area contributed by atoms with Gasteiger partial charge in [-0.05, 0) is 36.2 Å². The van der Waals surface area contributed by atoms with Crippen LogP contribution in [-0.2, 0) is 30.4 Å². The molecule has 0 bridgehead atoms. The number of nitrogens with two attached hydrogens (primary N) is 1. The van der Waals surface area contributed by atoms with Crippen LogP contribution in [0.5, 0.6) is 0 Å². The zero-order chi connectivity index (χ0) is 47.0. The molecule has 12 heteroatoms. The zero-order valence-corrected chi connectivity index (χ0v) is 40.5. The molecule has 2 aromatic carbocycles. The third-order valence-corrected chi connectivity index (χ3v) is 7.48. The average Bonchev–Trinajstić information content (AvgIpc) is 3.23. The van der Waals surface area contributed by atoms with Crippen molar-refractivity contribution in [3.05, 3.63) is 84.9 Å². The Kier molecular flexibility index (Phi) is 44.1. The standard InChI is InChI=1S/C30H50N6O5S.C7H8.4C2H6.C2H4/c1-7-22(27(40)32-13-14-42)36-26(39)21(31)17-33-25(38)18-34-28(41)23(15-20-11-9-8-10-12-20)35-24(37)16-30(5,6)19-29(2,3)4;1-7-5-3-2-4-6-7;5*1-2/h8-12,21-23,42H,7,13-19,31H2,1-6H3,(H,32,40)(H,33,38)(H,34,41)(H,35,37)(H,36,39);2-6H,1H3;4*1-2H3;1-2H2. The van der Waals surface area contributed by atoms with Crippen molar-refractivity contribution in [2.45, 2.75) is 148 Å². The Morgan fingerprint density at radius 2 is 1.15 bits per heavy atom. The number of rotatable bonds is 17. The van der Waals surface area contributed by atoms with Crippen molar-refractivity contribution in [2.75, 3.05) is 25.4 Å². The molecule has 2 rings (SSSR count). The Morgan fingerprint density at radius 1 is 0.678 bits per heavy atom. The van der Waals surface area contributed by atoms with E-state index in [1.165, 1.54) is 5.56 Å². The number of carbonyl (C=O) groups excluding carboxylic acids is 5. The van der Waals surface area contributed by atoms with Gasteiger partial charge in [-0.25, -0.2) is 0 Å². The Bertz CT molecular complexity index is 1340. The average molecular weight is 847 g/mol. The summed E-state index contributed by atoms with van der Waals surface area (Å²) in [6.07, 6.45) is 1.69. The fourth-order valence-electron chi connectivity index (χ4n) is 5.38. The van der Waals surface area contributed by atoms with Crippen LogP contribution in [-0.4, -0.2) is 73.0 Å². The summed E-state index contributed by atoms with van der Waals surface area (Å²) in [4.78, 5) is 63.0. The minimum Gasteiger partial charge on any atom is -0.353 e. The maximum absolute atomic E-state index is 13.1. The molecule has 0 fully saturated rings. The number of thiol groups is 1. The second-order valence-corrected chi connectivity index (χ2v) is 14.6. The van der Waals surface area contributed by atoms with Crippen LogP contribution in [0.2, 0.25) is 0 Å². The van der Waals surface area contributed by atoms with E-state index in [1.807, 2.05) is 118 Å². The molecule has 340 valence electrons. The van der Waals surface area contributed by atoms with Crippen molar-refractivity contribution in [1.82, 2.24) is 26.6 Å². The number of nitrogens with one attached hydrogen (secondary N) is 5. The molecule has 0 saturated carbocycles. The van der Waals surface area contributed by atoms with Crippen molar-refractivity contribution in [3.63, 3.8) is 0 Å². The van der Waals surface area contributed by atoms with E-state index in [1.54, 1.807) is 6.92 Å². The van der Waals surface area contributed by atoms with Gasteiger partial charge in [0, 0.05) is 31.7 Å². The molecule has 59 heavy (non-hydrogen) atoms. The Labute approximate surface area is 366 Å². The van der Waals surface area contributed by atoms with Gasteiger partial charge in [-0.1, -0.05) is 163 Å². The fraction of sp³-hybridized carbons (Fsp3) is 0.596. The molecule has 0 aliphatic rings. The van der Waals surface area contributed by atoms with Crippen LogP contribution in [0.3, 0.4) is 0 Å². The Hall–Kier alpha value is -4.16. The quantitative estimate of drug-likeness (QED) is 0.0629. The number of aryl methyl sites for hydroxylation is 1. The third kappa shape index (κ3) is 36.6. The minimum atomic E-state index is -1.10. The summed E-state index contributed by atoms with van der Waals surface area (Å²) in [5, 5.41) is 13.2. The molecule has 3 unspecified atom stereocenters. The molecule has 3 atom stereocenters. The molecule has 0 aromatic heterocycles. The van der Waals surface area contributed by atoms with E-state index in [0.717, 1.165) is 12.0 Å². The number of hydrogen-bond donors (Lipinski definition) is 7. The third-order valence-electron chi connectivity index (χ3n) is 7.25. The molecule has 7 N–H and O–H groups in total. The second kappa shape index (κ2) is 40.6. The molecule has 0 heterocycles. The lowest BCUT2D eigenvalue weighted by Gasteiger charge is -2.32. The topological polar surface area (TPSA) is 172 Å². The van der Waals surface area contributed by atoms with Gasteiger partial charge in [0.25, 0.3) is 0 Å². The highest BCUT2D eigenvalue weighted by Crippen LogP contribution is 2.35. The predicted molar refractivity (Wildman–Crippen MR) is 255 cm³/mol. The lowest BCUT2D eigenvalue weighted by molar-refractivity contribution is -0.131. The van der Waals surface area contributed by atoms with E-state index in [2.05, 4.69) is 92.2 Å². The van der Waals surface area contributed by atoms with Crippen molar-refractivity contribution in [2.24, 2.45) is 16.6 Å². The van der Waals surface area contributed by atoms with Gasteiger partial charge in [0.1, 0.15) is 18.1 Å². The van der Waals surface area contributed by atoms with Gasteiger partial charge >= 0.3 is 0 Å². The molecule has 0 aliphatic heterocycles. The summed E-state index contributed by atoms with van der Waals surface area (Å²) in [5.74, 6) is -1.77. The van der Waals surface area contributed by atoms with E-state index in [9.17, 15) is 24.0 Å². The maximum Gasteiger partial charge on any atom is 0.243 e. The van der Waals surface area contributed by atoms with Crippen molar-refractivity contribution < 1.29 is 24.0 Å². The molecule has 0 aliphatic carbocycles. The number of benzene rings is 2. The summed E-state index contributed by atoms with van der Waals surface area (Å²) in [6.45, 7) is 36.1. The first kappa shape index (κ1) is 64.0. The fourth-order valence-corrected chi connectivity index (χ4v) is 5.49. The molecule has 0 radical (unpaired) electrons. The Morgan fingerprint density at radius 3 is 1.58 bits per heavy atom. The summed E-state index contributed by atoms with van der Waals surface area (Å²) < 4.78 is 0. The van der Waals surface area contributed by atoms with Gasteiger partial charge in [-0.3, -0.25) is 24.0 Å². The van der Waals surface area contributed by atoms with Gasteiger partial charge in [-0.15, -0.1) is 13.2 Å². The minimum absolute atomic E-state index is 0.0413. The van der Waals surface area contributed by atoms with Crippen LogP contribution in [0, 0.1) is 17.8 Å². The lowest BCUT2D eigenvalue weighted by atomic mass is 9.74. The number of carbonyl (C=O) groups is 5. The van der Waals surface area contributed by atoms with Crippen LogP contribution in [0.15, 0.2) is 73.8 Å². The summed E-state index contributed by atoms with van der Waals surface area (Å²) in [7, 11) is 0. The van der Waals surface area contributed by atoms with Crippen LogP contribution >= 0.6 is 12.6 Å². The monoisotopic (exact) mass is 847 g/mol. The van der Waals surface area contributed by atoms with Crippen LogP contribution in [0.4, 0.5) is 0 Å². The molecule has 5 amide bonds. The van der Waals surface area contributed by atoms with Crippen LogP contribution in [0.1, 0.15) is 127 Å². The highest BCUT2D eigenvalue weighted by Gasteiger charge is 2.30. The summed E-state index contributed by atoms with van der Waals surface area (Å²) >= 11 is 4.04. The summed E-state index contributed by atoms with van der Waals surface area (Å²) in [5.41, 5.74) is 7.85. The van der Waals surface area contributed by atoms with Crippen molar-refractivity contribution >= 4 is 42.2 Å². The van der Waals surface area contributed by atoms with Gasteiger partial charge < -0.3 is 32.3 Å². The molecule has 0 saturated heterocycles. The normalized spacial score (nSPS) is 11.3. The summed E-state index contributed by atoms with van der Waals surface area (Å²) in [6, 6.07) is 16.8. The SMILES string of the molecule is C=C.CC.CC.CC.CC.CCC(NC(=O)C(N)CNC(=O)CNC(=O)C(Cc1ccccc1)NC(=O)CC(C)(C)CC(C)(C)C)C(=O)NCCS.Cc1ccccc1. The first-order valence-corrected chi connectivity index (χ1v) is 21.9. The van der Waals surface area contributed by atoms with Crippen molar-refractivity contribution in [1.29, 1.82) is 0 Å². The van der Waals surface area contributed by atoms with E-state index >= 15 is 0 Å². The smallest absolute Gasteiger partial charge is 0.243 e.